The van der Waals surface area contributed by atoms with Crippen molar-refractivity contribution in [1.29, 1.82) is 0 Å². The van der Waals surface area contributed by atoms with Gasteiger partial charge in [-0.15, -0.1) is 0 Å². The van der Waals surface area contributed by atoms with E-state index in [1.165, 1.54) is 26.2 Å². The van der Waals surface area contributed by atoms with Crippen molar-refractivity contribution in [1.82, 2.24) is 0 Å². The Hall–Kier alpha value is -2.17. The molecule has 0 aliphatic rings. The molecule has 0 heterocycles. The minimum atomic E-state index is -0.438. The van der Waals surface area contributed by atoms with E-state index in [0.29, 0.717) is 11.3 Å². The maximum absolute atomic E-state index is 11.3. The monoisotopic (exact) mass is 235 g/mol. The van der Waals surface area contributed by atoms with Gasteiger partial charge in [-0.1, -0.05) is 0 Å². The molecule has 1 rings (SSSR count). The van der Waals surface area contributed by atoms with Gasteiger partial charge in [-0.25, -0.2) is 4.79 Å². The lowest BCUT2D eigenvalue weighted by molar-refractivity contribution is -0.124. The van der Waals surface area contributed by atoms with Crippen LogP contribution in [0.2, 0.25) is 0 Å². The van der Waals surface area contributed by atoms with E-state index in [-0.39, 0.29) is 18.1 Å². The minimum absolute atomic E-state index is 0.154. The zero-order valence-electron chi connectivity index (χ0n) is 9.65. The maximum Gasteiger partial charge on any atom is 0.337 e. The lowest BCUT2D eigenvalue weighted by Crippen LogP contribution is -2.14. The highest BCUT2D eigenvalue weighted by molar-refractivity contribution is 6.03. The summed E-state index contributed by atoms with van der Waals surface area (Å²) in [4.78, 5) is 33.1. The lowest BCUT2D eigenvalue weighted by Gasteiger charge is -2.04. The Morgan fingerprint density at radius 2 is 1.76 bits per heavy atom. The van der Waals surface area contributed by atoms with Crippen LogP contribution in [-0.2, 0) is 14.3 Å². The first-order valence-electron chi connectivity index (χ1n) is 5.00. The quantitative estimate of drug-likeness (QED) is 0.632. The molecule has 1 aromatic carbocycles. The van der Waals surface area contributed by atoms with Crippen LogP contribution < -0.4 is 5.32 Å². The largest absolute Gasteiger partial charge is 0.465 e. The van der Waals surface area contributed by atoms with Gasteiger partial charge < -0.3 is 10.1 Å². The molecule has 0 radical (unpaired) electrons. The van der Waals surface area contributed by atoms with Crippen molar-refractivity contribution in [2.45, 2.75) is 13.3 Å². The number of carbonyl (C=O) groups is 3. The topological polar surface area (TPSA) is 72.5 Å². The summed E-state index contributed by atoms with van der Waals surface area (Å²) < 4.78 is 4.54. The predicted molar refractivity (Wildman–Crippen MR) is 61.7 cm³/mol. The third-order valence-corrected chi connectivity index (χ3v) is 2.00. The van der Waals surface area contributed by atoms with Gasteiger partial charge in [0.15, 0.2) is 0 Å². The molecule has 0 saturated carbocycles. The second kappa shape index (κ2) is 5.79. The Morgan fingerprint density at radius 3 is 2.24 bits per heavy atom. The summed E-state index contributed by atoms with van der Waals surface area (Å²) in [6.45, 7) is 1.35. The van der Waals surface area contributed by atoms with Gasteiger partial charge in [0.2, 0.25) is 5.91 Å². The number of nitrogens with one attached hydrogen (secondary N) is 1. The number of ketones is 1. The number of esters is 1. The van der Waals surface area contributed by atoms with E-state index in [1.807, 2.05) is 0 Å². The van der Waals surface area contributed by atoms with E-state index >= 15 is 0 Å². The van der Waals surface area contributed by atoms with Gasteiger partial charge in [0.1, 0.15) is 5.78 Å². The molecule has 0 bridgehead atoms. The smallest absolute Gasteiger partial charge is 0.337 e. The Bertz CT molecular complexity index is 436. The fourth-order valence-electron chi connectivity index (χ4n) is 1.24. The van der Waals surface area contributed by atoms with E-state index in [9.17, 15) is 14.4 Å². The van der Waals surface area contributed by atoms with Crippen LogP contribution in [0.3, 0.4) is 0 Å². The fraction of sp³-hybridized carbons (Fsp3) is 0.250. The number of carbonyl (C=O) groups excluding carboxylic acids is 3. The van der Waals surface area contributed by atoms with Gasteiger partial charge in [0, 0.05) is 5.69 Å². The number of amides is 1. The summed E-state index contributed by atoms with van der Waals surface area (Å²) in [5, 5.41) is 2.55. The second-order valence-corrected chi connectivity index (χ2v) is 3.50. The van der Waals surface area contributed by atoms with E-state index in [0.717, 1.165) is 0 Å². The molecule has 0 atom stereocenters. The number of benzene rings is 1. The van der Waals surface area contributed by atoms with Crippen molar-refractivity contribution in [3.05, 3.63) is 29.8 Å². The summed E-state index contributed by atoms with van der Waals surface area (Å²) in [7, 11) is 1.30. The first-order valence-corrected chi connectivity index (χ1v) is 5.00. The first kappa shape index (κ1) is 12.9. The van der Waals surface area contributed by atoms with Crippen molar-refractivity contribution >= 4 is 23.3 Å². The molecule has 0 aromatic heterocycles. The molecular formula is C12H13NO4. The van der Waals surface area contributed by atoms with Gasteiger partial charge in [0.25, 0.3) is 0 Å². The Balaban J connectivity index is 2.65. The van der Waals surface area contributed by atoms with Crippen molar-refractivity contribution in [3.8, 4) is 0 Å². The molecule has 1 amide bonds. The standard InChI is InChI=1S/C12H13NO4/c1-8(14)7-11(15)13-10-5-3-9(4-6-10)12(16)17-2/h3-6H,7H2,1-2H3,(H,13,15). The van der Waals surface area contributed by atoms with Crippen molar-refractivity contribution in [2.24, 2.45) is 0 Å². The molecule has 5 heteroatoms. The molecular weight excluding hydrogens is 222 g/mol. The SMILES string of the molecule is COC(=O)c1ccc(NC(=O)CC(C)=O)cc1. The van der Waals surface area contributed by atoms with Crippen LogP contribution >= 0.6 is 0 Å². The van der Waals surface area contributed by atoms with Gasteiger partial charge in [-0.3, -0.25) is 9.59 Å². The number of rotatable bonds is 4. The highest BCUT2D eigenvalue weighted by Gasteiger charge is 2.07. The second-order valence-electron chi connectivity index (χ2n) is 3.50. The zero-order chi connectivity index (χ0) is 12.8. The fourth-order valence-corrected chi connectivity index (χ4v) is 1.24. The van der Waals surface area contributed by atoms with Gasteiger partial charge in [0.05, 0.1) is 19.1 Å². The Kier molecular flexibility index (Phi) is 4.39. The van der Waals surface area contributed by atoms with Crippen molar-refractivity contribution in [3.63, 3.8) is 0 Å². The number of Topliss-reactive ketones (excluding diaryl/α,β-unsaturated/α-hetero) is 1. The molecule has 0 spiro atoms. The van der Waals surface area contributed by atoms with Crippen molar-refractivity contribution < 1.29 is 19.1 Å². The van der Waals surface area contributed by atoms with Crippen LogP contribution in [0.25, 0.3) is 0 Å². The molecule has 0 unspecified atom stereocenters. The molecule has 17 heavy (non-hydrogen) atoms. The highest BCUT2D eigenvalue weighted by Crippen LogP contribution is 2.10. The van der Waals surface area contributed by atoms with Crippen LogP contribution in [0.1, 0.15) is 23.7 Å². The average Bonchev–Trinajstić information content (AvgIpc) is 2.28. The normalized spacial score (nSPS) is 9.53. The van der Waals surface area contributed by atoms with E-state index in [1.54, 1.807) is 12.1 Å². The summed E-state index contributed by atoms with van der Waals surface area (Å²) in [5.41, 5.74) is 0.931. The first-order chi connectivity index (χ1) is 8.02. The van der Waals surface area contributed by atoms with E-state index in [4.69, 9.17) is 0 Å². The number of hydrogen-bond acceptors (Lipinski definition) is 4. The van der Waals surface area contributed by atoms with Gasteiger partial charge in [-0.05, 0) is 31.2 Å². The molecule has 0 saturated heterocycles. The average molecular weight is 235 g/mol. The van der Waals surface area contributed by atoms with Crippen LogP contribution in [-0.4, -0.2) is 24.8 Å². The third kappa shape index (κ3) is 4.06. The minimum Gasteiger partial charge on any atom is -0.465 e. The molecule has 1 aromatic rings. The predicted octanol–water partition coefficient (Wildman–Crippen LogP) is 1.39. The molecule has 90 valence electrons. The van der Waals surface area contributed by atoms with Crippen molar-refractivity contribution in [2.75, 3.05) is 12.4 Å². The van der Waals surface area contributed by atoms with Gasteiger partial charge >= 0.3 is 5.97 Å². The number of methoxy groups -OCH3 is 1. The van der Waals surface area contributed by atoms with E-state index < -0.39 is 5.97 Å². The zero-order valence-corrected chi connectivity index (χ0v) is 9.65. The maximum atomic E-state index is 11.3. The number of hydrogen-bond donors (Lipinski definition) is 1. The molecule has 0 aliphatic heterocycles. The molecule has 0 fully saturated rings. The van der Waals surface area contributed by atoms with Crippen LogP contribution in [0, 0.1) is 0 Å². The Morgan fingerprint density at radius 1 is 1.18 bits per heavy atom. The highest BCUT2D eigenvalue weighted by atomic mass is 16.5. The van der Waals surface area contributed by atoms with Gasteiger partial charge in [-0.2, -0.15) is 0 Å². The molecule has 0 aliphatic carbocycles. The summed E-state index contributed by atoms with van der Waals surface area (Å²) in [5.74, 6) is -1.01. The summed E-state index contributed by atoms with van der Waals surface area (Å²) in [6, 6.07) is 6.22. The molecule has 5 nitrogen and oxygen atoms in total. The van der Waals surface area contributed by atoms with E-state index in [2.05, 4.69) is 10.1 Å². The number of anilines is 1. The van der Waals surface area contributed by atoms with Crippen LogP contribution in [0.15, 0.2) is 24.3 Å². The third-order valence-electron chi connectivity index (χ3n) is 2.00. The van der Waals surface area contributed by atoms with Crippen LogP contribution in [0.5, 0.6) is 0 Å². The lowest BCUT2D eigenvalue weighted by atomic mass is 10.2. The summed E-state index contributed by atoms with van der Waals surface area (Å²) >= 11 is 0. The Labute approximate surface area is 98.8 Å². The molecule has 1 N–H and O–H groups in total. The summed E-state index contributed by atoms with van der Waals surface area (Å²) in [6.07, 6.45) is -0.154. The number of ether oxygens (including phenoxy) is 1. The van der Waals surface area contributed by atoms with Crippen LogP contribution in [0.4, 0.5) is 5.69 Å².